The molecule has 8 heteroatoms. The molecule has 2 aliphatic heterocycles. The average Bonchev–Trinajstić information content (AvgIpc) is 3.48. The molecule has 8 nitrogen and oxygen atoms in total. The third-order valence-electron chi connectivity index (χ3n) is 5.10. The Morgan fingerprint density at radius 1 is 1.04 bits per heavy atom. The van der Waals surface area contributed by atoms with Gasteiger partial charge in [0, 0.05) is 12.5 Å². The van der Waals surface area contributed by atoms with Gasteiger partial charge in [-0.25, -0.2) is 4.79 Å². The highest BCUT2D eigenvalue weighted by Gasteiger charge is 2.48. The maximum absolute atomic E-state index is 12.6. The number of hydrogen-bond acceptors (Lipinski definition) is 4. The zero-order valence-corrected chi connectivity index (χ0v) is 14.4. The molecule has 3 aliphatic rings. The predicted octanol–water partition coefficient (Wildman–Crippen LogP) is 0.944. The third-order valence-corrected chi connectivity index (χ3v) is 5.10. The Kier molecular flexibility index (Phi) is 4.50. The number of carbonyl (C=O) groups excluding carboxylic acids is 3. The lowest BCUT2D eigenvalue weighted by Crippen LogP contribution is -2.54. The minimum Gasteiger partial charge on any atom is -0.309 e. The summed E-state index contributed by atoms with van der Waals surface area (Å²) in [7, 11) is 0. The molecule has 4 amide bonds. The number of hydrogen-bond donors (Lipinski definition) is 2. The summed E-state index contributed by atoms with van der Waals surface area (Å²) in [4.78, 5) is 43.9. The molecule has 26 heavy (non-hydrogen) atoms. The average molecular weight is 358 g/mol. The molecule has 1 saturated carbocycles. The Labute approximate surface area is 151 Å². The molecular formula is C18H22N4O4. The minimum atomic E-state index is -0.580. The highest BCUT2D eigenvalue weighted by Crippen LogP contribution is 2.31. The van der Waals surface area contributed by atoms with Crippen LogP contribution in [0.2, 0.25) is 0 Å². The van der Waals surface area contributed by atoms with E-state index in [2.05, 4.69) is 10.9 Å². The smallest absolute Gasteiger partial charge is 0.309 e. The van der Waals surface area contributed by atoms with Crippen LogP contribution in [0.1, 0.15) is 31.2 Å². The lowest BCUT2D eigenvalue weighted by Gasteiger charge is -2.29. The van der Waals surface area contributed by atoms with E-state index in [1.54, 1.807) is 0 Å². The zero-order chi connectivity index (χ0) is 18.1. The standard InChI is InChI=1S/C18H22N4O4/c23-16(13-6-7-13)19-20-17(24)15-9-8-14-10-21(15)18(25)22(14)26-11-12-4-2-1-3-5-12/h1-5,13-15H,6-11H2,(H,19,23)(H,20,24)/t14-,15-/m0/s1. The Hall–Kier alpha value is -2.61. The van der Waals surface area contributed by atoms with Gasteiger partial charge in [0.1, 0.15) is 12.6 Å². The van der Waals surface area contributed by atoms with Gasteiger partial charge in [-0.2, -0.15) is 5.06 Å². The summed E-state index contributed by atoms with van der Waals surface area (Å²) in [6, 6.07) is 8.72. The van der Waals surface area contributed by atoms with E-state index in [0.29, 0.717) is 26.0 Å². The maximum Gasteiger partial charge on any atom is 0.345 e. The largest absolute Gasteiger partial charge is 0.345 e. The Morgan fingerprint density at radius 2 is 1.77 bits per heavy atom. The van der Waals surface area contributed by atoms with Gasteiger partial charge in [0.25, 0.3) is 5.91 Å². The number of benzene rings is 1. The molecule has 2 bridgehead atoms. The van der Waals surface area contributed by atoms with Crippen molar-refractivity contribution in [3.63, 3.8) is 0 Å². The number of nitrogens with zero attached hydrogens (tertiary/aromatic N) is 2. The van der Waals surface area contributed by atoms with Gasteiger partial charge in [0.15, 0.2) is 0 Å². The van der Waals surface area contributed by atoms with Gasteiger partial charge in [-0.1, -0.05) is 30.3 Å². The van der Waals surface area contributed by atoms with E-state index in [1.807, 2.05) is 30.3 Å². The van der Waals surface area contributed by atoms with E-state index in [-0.39, 0.29) is 29.8 Å². The van der Waals surface area contributed by atoms with Crippen LogP contribution < -0.4 is 10.9 Å². The van der Waals surface area contributed by atoms with E-state index < -0.39 is 6.04 Å². The van der Waals surface area contributed by atoms with Gasteiger partial charge in [0.05, 0.1) is 6.04 Å². The molecule has 2 N–H and O–H groups in total. The highest BCUT2D eigenvalue weighted by molar-refractivity contribution is 5.90. The van der Waals surface area contributed by atoms with Gasteiger partial charge in [0.2, 0.25) is 5.91 Å². The van der Waals surface area contributed by atoms with Crippen molar-refractivity contribution in [3.05, 3.63) is 35.9 Å². The second-order valence-corrected chi connectivity index (χ2v) is 7.02. The molecule has 0 unspecified atom stereocenters. The molecule has 138 valence electrons. The molecule has 2 saturated heterocycles. The molecule has 3 fully saturated rings. The van der Waals surface area contributed by atoms with Crippen molar-refractivity contribution in [2.75, 3.05) is 6.54 Å². The monoisotopic (exact) mass is 358 g/mol. The van der Waals surface area contributed by atoms with Crippen molar-refractivity contribution in [3.8, 4) is 0 Å². The molecule has 0 spiro atoms. The van der Waals surface area contributed by atoms with Crippen molar-refractivity contribution in [2.24, 2.45) is 5.92 Å². The van der Waals surface area contributed by atoms with Crippen molar-refractivity contribution in [1.29, 1.82) is 0 Å². The normalized spacial score (nSPS) is 24.5. The third kappa shape index (κ3) is 3.37. The summed E-state index contributed by atoms with van der Waals surface area (Å²) in [5.74, 6) is -0.496. The van der Waals surface area contributed by atoms with E-state index in [9.17, 15) is 14.4 Å². The molecule has 1 aromatic carbocycles. The van der Waals surface area contributed by atoms with E-state index in [4.69, 9.17) is 4.84 Å². The van der Waals surface area contributed by atoms with Crippen LogP contribution in [-0.4, -0.2) is 46.4 Å². The number of urea groups is 1. The first-order chi connectivity index (χ1) is 12.6. The van der Waals surface area contributed by atoms with Gasteiger partial charge in [-0.15, -0.1) is 0 Å². The molecule has 2 atom stereocenters. The van der Waals surface area contributed by atoms with Gasteiger partial charge >= 0.3 is 6.03 Å². The maximum atomic E-state index is 12.6. The first-order valence-electron chi connectivity index (χ1n) is 9.00. The lowest BCUT2D eigenvalue weighted by molar-refractivity contribution is -0.140. The fourth-order valence-electron chi connectivity index (χ4n) is 3.44. The molecule has 1 aliphatic carbocycles. The summed E-state index contributed by atoms with van der Waals surface area (Å²) < 4.78 is 0. The Bertz CT molecular complexity index is 706. The Balaban J connectivity index is 1.33. The number of fused-ring (bicyclic) bond motifs is 2. The quantitative estimate of drug-likeness (QED) is 0.767. The van der Waals surface area contributed by atoms with Crippen LogP contribution >= 0.6 is 0 Å². The number of hydrazine groups is 1. The number of piperidine rings is 1. The topological polar surface area (TPSA) is 91.0 Å². The first-order valence-corrected chi connectivity index (χ1v) is 9.00. The number of amides is 4. The van der Waals surface area contributed by atoms with Crippen molar-refractivity contribution >= 4 is 17.8 Å². The van der Waals surface area contributed by atoms with Crippen LogP contribution in [0.15, 0.2) is 30.3 Å². The van der Waals surface area contributed by atoms with Crippen molar-refractivity contribution in [2.45, 2.75) is 44.4 Å². The predicted molar refractivity (Wildman–Crippen MR) is 91.0 cm³/mol. The molecule has 2 heterocycles. The number of carbonyl (C=O) groups is 3. The van der Waals surface area contributed by atoms with Crippen LogP contribution in [0.3, 0.4) is 0 Å². The fourth-order valence-corrected chi connectivity index (χ4v) is 3.44. The van der Waals surface area contributed by atoms with Crippen molar-refractivity contribution < 1.29 is 19.2 Å². The SMILES string of the molecule is O=C(NNC(=O)[C@@H]1CC[C@H]2CN1C(=O)N2OCc1ccccc1)C1CC1. The molecule has 0 aromatic heterocycles. The summed E-state index contributed by atoms with van der Waals surface area (Å²) in [5.41, 5.74) is 5.89. The van der Waals surface area contributed by atoms with Crippen LogP contribution in [0.5, 0.6) is 0 Å². The van der Waals surface area contributed by atoms with Crippen LogP contribution in [-0.2, 0) is 21.0 Å². The fraction of sp³-hybridized carbons (Fsp3) is 0.500. The molecule has 0 radical (unpaired) electrons. The first kappa shape index (κ1) is 16.8. The second-order valence-electron chi connectivity index (χ2n) is 7.02. The van der Waals surface area contributed by atoms with Gasteiger partial charge in [-0.3, -0.25) is 25.3 Å². The second kappa shape index (κ2) is 6.95. The van der Waals surface area contributed by atoms with Crippen molar-refractivity contribution in [1.82, 2.24) is 20.8 Å². The van der Waals surface area contributed by atoms with Crippen LogP contribution in [0.4, 0.5) is 4.79 Å². The number of nitrogens with one attached hydrogen (secondary N) is 2. The zero-order valence-electron chi connectivity index (χ0n) is 14.4. The van der Waals surface area contributed by atoms with E-state index in [0.717, 1.165) is 18.4 Å². The Morgan fingerprint density at radius 3 is 2.50 bits per heavy atom. The van der Waals surface area contributed by atoms with E-state index in [1.165, 1.54) is 9.96 Å². The van der Waals surface area contributed by atoms with Gasteiger partial charge < -0.3 is 4.90 Å². The summed E-state index contributed by atoms with van der Waals surface area (Å²) in [6.07, 6.45) is 2.97. The molecule has 1 aromatic rings. The van der Waals surface area contributed by atoms with Gasteiger partial charge in [-0.05, 0) is 31.2 Å². The lowest BCUT2D eigenvalue weighted by atomic mass is 10.0. The number of rotatable bonds is 5. The van der Waals surface area contributed by atoms with Crippen LogP contribution in [0, 0.1) is 5.92 Å². The highest BCUT2D eigenvalue weighted by atomic mass is 16.7. The summed E-state index contributed by atoms with van der Waals surface area (Å²) >= 11 is 0. The van der Waals surface area contributed by atoms with Crippen LogP contribution in [0.25, 0.3) is 0 Å². The minimum absolute atomic E-state index is 0.0151. The molecule has 4 rings (SSSR count). The number of hydroxylamine groups is 2. The molecular weight excluding hydrogens is 336 g/mol. The van der Waals surface area contributed by atoms with E-state index >= 15 is 0 Å². The summed E-state index contributed by atoms with van der Waals surface area (Å²) in [6.45, 7) is 0.771. The summed E-state index contributed by atoms with van der Waals surface area (Å²) in [5, 5.41) is 1.39.